The zero-order valence-electron chi connectivity index (χ0n) is 12.9. The Kier molecular flexibility index (Phi) is 4.62. The van der Waals surface area contributed by atoms with Gasteiger partial charge in [0.2, 0.25) is 11.7 Å². The quantitative estimate of drug-likeness (QED) is 0.506. The van der Waals surface area contributed by atoms with Crippen LogP contribution in [0.4, 0.5) is 5.69 Å². The van der Waals surface area contributed by atoms with Crippen molar-refractivity contribution < 1.29 is 14.0 Å². The lowest BCUT2D eigenvalue weighted by atomic mass is 10.1. The Morgan fingerprint density at radius 1 is 1.08 bits per heavy atom. The van der Waals surface area contributed by atoms with Gasteiger partial charge in [-0.25, -0.2) is 0 Å². The molecule has 1 aromatic heterocycles. The van der Waals surface area contributed by atoms with Crippen molar-refractivity contribution in [2.45, 2.75) is 6.92 Å². The molecule has 2 aromatic carbocycles. The van der Waals surface area contributed by atoms with E-state index < -0.39 is 0 Å². The summed E-state index contributed by atoms with van der Waals surface area (Å²) in [4.78, 5) is 23.2. The summed E-state index contributed by atoms with van der Waals surface area (Å²) in [5.41, 5.74) is 2.25. The molecule has 0 aliphatic carbocycles. The Morgan fingerprint density at radius 3 is 2.54 bits per heavy atom. The third-order valence-electron chi connectivity index (χ3n) is 3.38. The van der Waals surface area contributed by atoms with Gasteiger partial charge in [-0.15, -0.1) is 0 Å². The van der Waals surface area contributed by atoms with Crippen LogP contribution in [0.15, 0.2) is 63.5 Å². The number of amides is 1. The Hall–Kier alpha value is -2.66. The summed E-state index contributed by atoms with van der Waals surface area (Å²) >= 11 is 3.39. The number of nitrogens with one attached hydrogen (secondary N) is 1. The van der Waals surface area contributed by atoms with E-state index in [0.717, 1.165) is 15.4 Å². The monoisotopic (exact) mass is 383 g/mol. The molecule has 4 nitrogen and oxygen atoms in total. The smallest absolute Gasteiger partial charge is 0.221 e. The standard InChI is InChI=1S/C19H14BrNO3/c1-12(22)21-16-6-2-13(3-7-16)4-8-17(23)19-11-14-10-15(20)5-9-18(14)24-19/h2-11H,1H3,(H,21,22)/b8-4+. The number of rotatable bonds is 4. The van der Waals surface area contributed by atoms with Crippen LogP contribution in [0.5, 0.6) is 0 Å². The van der Waals surface area contributed by atoms with Gasteiger partial charge >= 0.3 is 0 Å². The van der Waals surface area contributed by atoms with Crippen molar-refractivity contribution in [2.24, 2.45) is 0 Å². The third-order valence-corrected chi connectivity index (χ3v) is 3.87. The first kappa shape index (κ1) is 16.2. The zero-order chi connectivity index (χ0) is 17.1. The molecule has 5 heteroatoms. The first-order chi connectivity index (χ1) is 11.5. The molecule has 3 rings (SSSR count). The first-order valence-corrected chi connectivity index (χ1v) is 8.10. The van der Waals surface area contributed by atoms with Crippen LogP contribution < -0.4 is 5.32 Å². The van der Waals surface area contributed by atoms with Gasteiger partial charge in [-0.3, -0.25) is 9.59 Å². The number of carbonyl (C=O) groups excluding carboxylic acids is 2. The zero-order valence-corrected chi connectivity index (χ0v) is 14.5. The molecule has 0 fully saturated rings. The van der Waals surface area contributed by atoms with E-state index in [-0.39, 0.29) is 11.7 Å². The van der Waals surface area contributed by atoms with Crippen molar-refractivity contribution in [3.05, 3.63) is 70.4 Å². The number of benzene rings is 2. The van der Waals surface area contributed by atoms with Gasteiger partial charge in [-0.1, -0.05) is 34.1 Å². The molecule has 0 aliphatic rings. The van der Waals surface area contributed by atoms with Crippen molar-refractivity contribution in [3.8, 4) is 0 Å². The van der Waals surface area contributed by atoms with Gasteiger partial charge in [0, 0.05) is 22.5 Å². The predicted molar refractivity (Wildman–Crippen MR) is 98.0 cm³/mol. The first-order valence-electron chi connectivity index (χ1n) is 7.30. The Labute approximate surface area is 147 Å². The maximum atomic E-state index is 12.2. The number of allylic oxidation sites excluding steroid dienone is 1. The van der Waals surface area contributed by atoms with E-state index in [1.54, 1.807) is 24.3 Å². The summed E-state index contributed by atoms with van der Waals surface area (Å²) < 4.78 is 6.50. The SMILES string of the molecule is CC(=O)Nc1ccc(/C=C/C(=O)c2cc3cc(Br)ccc3o2)cc1. The van der Waals surface area contributed by atoms with Crippen LogP contribution >= 0.6 is 15.9 Å². The summed E-state index contributed by atoms with van der Waals surface area (Å²) in [6.45, 7) is 1.46. The second-order valence-corrected chi connectivity index (χ2v) is 6.21. The number of halogens is 1. The molecule has 0 spiro atoms. The molecule has 1 amide bonds. The minimum atomic E-state index is -0.201. The molecule has 0 radical (unpaired) electrons. The number of furan rings is 1. The van der Waals surface area contributed by atoms with E-state index in [2.05, 4.69) is 21.2 Å². The fourth-order valence-electron chi connectivity index (χ4n) is 2.27. The largest absolute Gasteiger partial charge is 0.453 e. The predicted octanol–water partition coefficient (Wildman–Crippen LogP) is 5.05. The summed E-state index contributed by atoms with van der Waals surface area (Å²) in [5.74, 6) is -0.0209. The fourth-order valence-corrected chi connectivity index (χ4v) is 2.65. The molecule has 0 unspecified atom stereocenters. The highest BCUT2D eigenvalue weighted by Gasteiger charge is 2.09. The summed E-state index contributed by atoms with van der Waals surface area (Å²) in [6, 6.07) is 14.5. The highest BCUT2D eigenvalue weighted by Crippen LogP contribution is 2.24. The summed E-state index contributed by atoms with van der Waals surface area (Å²) in [5, 5.41) is 3.57. The van der Waals surface area contributed by atoms with Gasteiger partial charge in [0.05, 0.1) is 0 Å². The summed E-state index contributed by atoms with van der Waals surface area (Å²) in [6.07, 6.45) is 3.18. The van der Waals surface area contributed by atoms with E-state index in [4.69, 9.17) is 4.42 Å². The van der Waals surface area contributed by atoms with E-state index in [1.165, 1.54) is 13.0 Å². The van der Waals surface area contributed by atoms with Crippen LogP contribution in [-0.4, -0.2) is 11.7 Å². The molecule has 1 N–H and O–H groups in total. The van der Waals surface area contributed by atoms with Crippen LogP contribution in [0.25, 0.3) is 17.0 Å². The number of carbonyl (C=O) groups is 2. The molecule has 3 aromatic rings. The van der Waals surface area contributed by atoms with Crippen molar-refractivity contribution in [2.75, 3.05) is 5.32 Å². The molecule has 1 heterocycles. The van der Waals surface area contributed by atoms with E-state index in [9.17, 15) is 9.59 Å². The lowest BCUT2D eigenvalue weighted by molar-refractivity contribution is -0.114. The van der Waals surface area contributed by atoms with Crippen LogP contribution in [-0.2, 0) is 4.79 Å². The van der Waals surface area contributed by atoms with Crippen LogP contribution in [0.3, 0.4) is 0 Å². The Morgan fingerprint density at radius 2 is 1.83 bits per heavy atom. The molecule has 0 saturated carbocycles. The van der Waals surface area contributed by atoms with Crippen molar-refractivity contribution in [1.82, 2.24) is 0 Å². The van der Waals surface area contributed by atoms with E-state index >= 15 is 0 Å². The van der Waals surface area contributed by atoms with E-state index in [1.807, 2.05) is 30.3 Å². The second kappa shape index (κ2) is 6.84. The number of anilines is 1. The van der Waals surface area contributed by atoms with Gasteiger partial charge in [-0.2, -0.15) is 0 Å². The van der Waals surface area contributed by atoms with Gasteiger partial charge in [0.1, 0.15) is 5.58 Å². The van der Waals surface area contributed by atoms with Crippen molar-refractivity contribution in [1.29, 1.82) is 0 Å². The Bertz CT molecular complexity index is 939. The van der Waals surface area contributed by atoms with E-state index in [0.29, 0.717) is 17.0 Å². The number of hydrogen-bond acceptors (Lipinski definition) is 3. The fraction of sp³-hybridized carbons (Fsp3) is 0.0526. The molecular formula is C19H14BrNO3. The lowest BCUT2D eigenvalue weighted by Gasteiger charge is -2.01. The maximum absolute atomic E-state index is 12.2. The molecule has 0 saturated heterocycles. The number of ketones is 1. The van der Waals surface area contributed by atoms with Gasteiger partial charge in [-0.05, 0) is 48.0 Å². The van der Waals surface area contributed by atoms with Crippen LogP contribution in [0.2, 0.25) is 0 Å². The lowest BCUT2D eigenvalue weighted by Crippen LogP contribution is -2.05. The van der Waals surface area contributed by atoms with Crippen LogP contribution in [0, 0.1) is 0 Å². The summed E-state index contributed by atoms with van der Waals surface area (Å²) in [7, 11) is 0. The highest BCUT2D eigenvalue weighted by molar-refractivity contribution is 9.10. The topological polar surface area (TPSA) is 59.3 Å². The highest BCUT2D eigenvalue weighted by atomic mass is 79.9. The molecule has 0 aliphatic heterocycles. The normalized spacial score (nSPS) is 11.1. The van der Waals surface area contributed by atoms with Gasteiger partial charge in [0.15, 0.2) is 5.76 Å². The minimum Gasteiger partial charge on any atom is -0.453 e. The van der Waals surface area contributed by atoms with Gasteiger partial charge in [0.25, 0.3) is 0 Å². The molecule has 0 bridgehead atoms. The maximum Gasteiger partial charge on any atom is 0.221 e. The second-order valence-electron chi connectivity index (χ2n) is 5.29. The number of hydrogen-bond donors (Lipinski definition) is 1. The Balaban J connectivity index is 1.75. The molecule has 0 atom stereocenters. The van der Waals surface area contributed by atoms with Gasteiger partial charge < -0.3 is 9.73 Å². The minimum absolute atomic E-state index is 0.120. The average molecular weight is 384 g/mol. The van der Waals surface area contributed by atoms with Crippen molar-refractivity contribution in [3.63, 3.8) is 0 Å². The van der Waals surface area contributed by atoms with Crippen LogP contribution in [0.1, 0.15) is 23.0 Å². The van der Waals surface area contributed by atoms with Crippen molar-refractivity contribution >= 4 is 50.4 Å². The average Bonchev–Trinajstić information content (AvgIpc) is 2.96. The molecule has 120 valence electrons. The third kappa shape index (κ3) is 3.81. The molecule has 24 heavy (non-hydrogen) atoms. The molecular weight excluding hydrogens is 370 g/mol. The number of fused-ring (bicyclic) bond motifs is 1.